The van der Waals surface area contributed by atoms with Gasteiger partial charge in [0.15, 0.2) is 0 Å². The number of carbonyl (C=O) groups is 1. The van der Waals surface area contributed by atoms with E-state index in [1.165, 1.54) is 0 Å². The number of hydrogen-bond acceptors (Lipinski definition) is 6. The lowest BCUT2D eigenvalue weighted by molar-refractivity contribution is -0.112. The molecule has 266 valence electrons. The summed E-state index contributed by atoms with van der Waals surface area (Å²) in [6.07, 6.45) is 9.56. The van der Waals surface area contributed by atoms with E-state index in [1.807, 2.05) is 42.6 Å². The molecule has 1 unspecified atom stereocenters. The topological polar surface area (TPSA) is 96.5 Å². The van der Waals surface area contributed by atoms with E-state index in [2.05, 4.69) is 84.3 Å². The smallest absolute Gasteiger partial charge is 0.251 e. The Balaban J connectivity index is 1.29. The summed E-state index contributed by atoms with van der Waals surface area (Å²) in [4.78, 5) is 24.5. The highest BCUT2D eigenvalue weighted by atomic mass is 32.2. The molecule has 5 rings (SSSR count). The minimum Gasteiger partial charge on any atom is -0.491 e. The van der Waals surface area contributed by atoms with E-state index in [1.54, 1.807) is 0 Å². The van der Waals surface area contributed by atoms with Crippen molar-refractivity contribution in [3.8, 4) is 16.9 Å². The molecule has 1 aliphatic rings. The van der Waals surface area contributed by atoms with E-state index in [0.29, 0.717) is 41.9 Å². The standard InChI is InChI=1S/C41H52N4O4S/c1-5-7-22-48-23-24-49-37-16-11-31(12-17-37)32-13-20-39-34(25-32)26-33(10-8-21-45(39)28-30(3)4)41(46)44-35-14-18-38(19-15-35)50(47)29-40-42-27-36(43-40)9-6-2/h11-20,25-27,30H,5-10,21-24,28-29H2,1-4H3,(H,42,43)(H,44,46)/b33-26+. The van der Waals surface area contributed by atoms with Crippen LogP contribution in [-0.2, 0) is 32.5 Å². The summed E-state index contributed by atoms with van der Waals surface area (Å²) in [6, 6.07) is 22.0. The summed E-state index contributed by atoms with van der Waals surface area (Å²) in [5.41, 5.74) is 6.81. The van der Waals surface area contributed by atoms with E-state index in [4.69, 9.17) is 9.47 Å². The Hall–Kier alpha value is -4.21. The summed E-state index contributed by atoms with van der Waals surface area (Å²) in [5.74, 6) is 2.25. The predicted molar refractivity (Wildman–Crippen MR) is 205 cm³/mol. The number of unbranched alkanes of at least 4 members (excludes halogenated alkanes) is 1. The van der Waals surface area contributed by atoms with Crippen molar-refractivity contribution in [2.75, 3.05) is 43.1 Å². The van der Waals surface area contributed by atoms with Crippen LogP contribution in [0.1, 0.15) is 76.9 Å². The van der Waals surface area contributed by atoms with Gasteiger partial charge in [-0.2, -0.15) is 0 Å². The summed E-state index contributed by atoms with van der Waals surface area (Å²) in [5, 5.41) is 3.09. The van der Waals surface area contributed by atoms with Gasteiger partial charge in [0.1, 0.15) is 18.2 Å². The van der Waals surface area contributed by atoms with Crippen LogP contribution in [0, 0.1) is 5.92 Å². The maximum Gasteiger partial charge on any atom is 0.251 e. The van der Waals surface area contributed by atoms with Gasteiger partial charge >= 0.3 is 0 Å². The lowest BCUT2D eigenvalue weighted by Gasteiger charge is -2.30. The van der Waals surface area contributed by atoms with Crippen LogP contribution in [0.4, 0.5) is 11.4 Å². The Morgan fingerprint density at radius 2 is 1.76 bits per heavy atom. The van der Waals surface area contributed by atoms with E-state index in [0.717, 1.165) is 97.0 Å². The fourth-order valence-corrected chi connectivity index (χ4v) is 7.08. The second-order valence-corrected chi connectivity index (χ2v) is 14.7. The number of imidazole rings is 1. The first-order chi connectivity index (χ1) is 24.3. The third-order valence-corrected chi connectivity index (χ3v) is 9.95. The molecule has 50 heavy (non-hydrogen) atoms. The first-order valence-corrected chi connectivity index (χ1v) is 19.4. The zero-order chi connectivity index (χ0) is 35.3. The lowest BCUT2D eigenvalue weighted by Crippen LogP contribution is -2.30. The van der Waals surface area contributed by atoms with Gasteiger partial charge in [-0.05, 0) is 103 Å². The molecule has 0 saturated heterocycles. The van der Waals surface area contributed by atoms with Crippen LogP contribution in [0.25, 0.3) is 17.2 Å². The van der Waals surface area contributed by atoms with Crippen LogP contribution in [0.2, 0.25) is 0 Å². The second kappa shape index (κ2) is 18.7. The van der Waals surface area contributed by atoms with Gasteiger partial charge in [0, 0.05) is 53.4 Å². The fourth-order valence-electron chi connectivity index (χ4n) is 6.08. The highest BCUT2D eigenvalue weighted by Gasteiger charge is 2.20. The Kier molecular flexibility index (Phi) is 13.9. The molecular formula is C41H52N4O4S. The van der Waals surface area contributed by atoms with Gasteiger partial charge in [-0.1, -0.05) is 58.7 Å². The minimum atomic E-state index is -1.24. The number of aryl methyl sites for hydroxylation is 1. The maximum absolute atomic E-state index is 13.7. The highest BCUT2D eigenvalue weighted by molar-refractivity contribution is 7.84. The number of nitrogens with one attached hydrogen (secondary N) is 2. The number of rotatable bonds is 17. The van der Waals surface area contributed by atoms with Gasteiger partial charge in [0.05, 0.1) is 23.2 Å². The molecule has 1 amide bonds. The molecule has 0 fully saturated rings. The summed E-state index contributed by atoms with van der Waals surface area (Å²) < 4.78 is 24.5. The Labute approximate surface area is 300 Å². The molecule has 1 aromatic heterocycles. The molecule has 0 radical (unpaired) electrons. The van der Waals surface area contributed by atoms with Crippen LogP contribution in [0.5, 0.6) is 5.75 Å². The molecule has 0 saturated carbocycles. The van der Waals surface area contributed by atoms with Crippen molar-refractivity contribution >= 4 is 34.2 Å². The molecule has 4 aromatic rings. The van der Waals surface area contributed by atoms with Crippen LogP contribution in [0.15, 0.2) is 83.4 Å². The number of nitrogens with zero attached hydrogens (tertiary/aromatic N) is 2. The second-order valence-electron chi connectivity index (χ2n) is 13.3. The Morgan fingerprint density at radius 3 is 2.50 bits per heavy atom. The number of aromatic nitrogens is 2. The molecule has 2 N–H and O–H groups in total. The molecule has 0 spiro atoms. The first-order valence-electron chi connectivity index (χ1n) is 18.1. The number of hydrogen-bond donors (Lipinski definition) is 2. The Bertz CT molecular complexity index is 1730. The van der Waals surface area contributed by atoms with Crippen LogP contribution >= 0.6 is 0 Å². The van der Waals surface area contributed by atoms with Crippen LogP contribution in [0.3, 0.4) is 0 Å². The van der Waals surface area contributed by atoms with Gasteiger partial charge < -0.3 is 24.7 Å². The molecule has 0 bridgehead atoms. The van der Waals surface area contributed by atoms with E-state index in [9.17, 15) is 9.00 Å². The van der Waals surface area contributed by atoms with Crippen molar-refractivity contribution in [2.45, 2.75) is 76.9 Å². The van der Waals surface area contributed by atoms with E-state index >= 15 is 0 Å². The summed E-state index contributed by atoms with van der Waals surface area (Å²) in [7, 11) is -1.24. The summed E-state index contributed by atoms with van der Waals surface area (Å²) in [6.45, 7) is 12.5. The minimum absolute atomic E-state index is 0.119. The molecular weight excluding hydrogens is 645 g/mol. The van der Waals surface area contributed by atoms with Crippen molar-refractivity contribution < 1.29 is 18.5 Å². The van der Waals surface area contributed by atoms with Crippen molar-refractivity contribution in [1.29, 1.82) is 0 Å². The quantitative estimate of drug-likeness (QED) is 0.107. The van der Waals surface area contributed by atoms with Crippen LogP contribution < -0.4 is 15.0 Å². The SMILES string of the molecule is CCCCOCCOc1ccc(-c2ccc3c(c2)/C=C(/C(=O)Nc2ccc(S(=O)Cc4ncc(CCC)[nH]4)cc2)CCCN3CC(C)C)cc1. The zero-order valence-corrected chi connectivity index (χ0v) is 30.8. The van der Waals surface area contributed by atoms with Gasteiger partial charge in [0.2, 0.25) is 0 Å². The first kappa shape index (κ1) is 37.1. The number of aromatic amines is 1. The molecule has 0 aliphatic carbocycles. The van der Waals surface area contributed by atoms with Gasteiger partial charge in [-0.25, -0.2) is 4.98 Å². The van der Waals surface area contributed by atoms with Gasteiger partial charge in [-0.15, -0.1) is 0 Å². The maximum atomic E-state index is 13.7. The normalized spacial score (nSPS) is 14.7. The molecule has 3 aromatic carbocycles. The zero-order valence-electron chi connectivity index (χ0n) is 30.0. The molecule has 1 aliphatic heterocycles. The number of benzene rings is 3. The highest BCUT2D eigenvalue weighted by Crippen LogP contribution is 2.33. The lowest BCUT2D eigenvalue weighted by atomic mass is 9.96. The van der Waals surface area contributed by atoms with Crippen molar-refractivity contribution in [3.05, 3.63) is 95.6 Å². The van der Waals surface area contributed by atoms with Crippen molar-refractivity contribution in [1.82, 2.24) is 9.97 Å². The Morgan fingerprint density at radius 1 is 0.980 bits per heavy atom. The third-order valence-electron chi connectivity index (χ3n) is 8.62. The van der Waals surface area contributed by atoms with Gasteiger partial charge in [0.25, 0.3) is 5.91 Å². The summed E-state index contributed by atoms with van der Waals surface area (Å²) >= 11 is 0. The van der Waals surface area contributed by atoms with Crippen LogP contribution in [-0.4, -0.2) is 53.0 Å². The number of H-pyrrole nitrogens is 1. The number of fused-ring (bicyclic) bond motifs is 1. The number of anilines is 2. The largest absolute Gasteiger partial charge is 0.491 e. The fraction of sp³-hybridized carbons (Fsp3) is 0.415. The molecule has 2 heterocycles. The molecule has 9 heteroatoms. The number of ether oxygens (including phenoxy) is 2. The van der Waals surface area contributed by atoms with Crippen molar-refractivity contribution in [2.24, 2.45) is 5.92 Å². The van der Waals surface area contributed by atoms with E-state index in [-0.39, 0.29) is 5.91 Å². The average molecular weight is 697 g/mol. The van der Waals surface area contributed by atoms with Crippen molar-refractivity contribution in [3.63, 3.8) is 0 Å². The predicted octanol–water partition coefficient (Wildman–Crippen LogP) is 8.81. The monoisotopic (exact) mass is 696 g/mol. The molecule has 1 atom stereocenters. The van der Waals surface area contributed by atoms with Gasteiger partial charge in [-0.3, -0.25) is 9.00 Å². The average Bonchev–Trinajstić information content (AvgIpc) is 3.55. The number of carbonyl (C=O) groups excluding carboxylic acids is 1. The third kappa shape index (κ3) is 10.6. The van der Waals surface area contributed by atoms with E-state index < -0.39 is 10.8 Å². The number of amides is 1. The molecule has 8 nitrogen and oxygen atoms in total.